The van der Waals surface area contributed by atoms with Gasteiger partial charge < -0.3 is 10.0 Å². The zero-order chi connectivity index (χ0) is 17.2. The van der Waals surface area contributed by atoms with Crippen LogP contribution in [0.25, 0.3) is 0 Å². The Hall–Kier alpha value is -2.58. The molecule has 1 atom stereocenters. The van der Waals surface area contributed by atoms with Crippen LogP contribution in [0.3, 0.4) is 0 Å². The van der Waals surface area contributed by atoms with Gasteiger partial charge in [-0.3, -0.25) is 0 Å². The molecule has 0 spiro atoms. The van der Waals surface area contributed by atoms with Crippen molar-refractivity contribution in [3.05, 3.63) is 95.6 Å². The molecule has 0 amide bonds. The predicted octanol–water partition coefficient (Wildman–Crippen LogP) is 4.75. The first-order valence-electron chi connectivity index (χ1n) is 8.86. The van der Waals surface area contributed by atoms with Crippen LogP contribution in [0.2, 0.25) is 0 Å². The second-order valence-electron chi connectivity index (χ2n) is 6.79. The molecule has 0 saturated heterocycles. The maximum Gasteiger partial charge on any atom is 0.0471 e. The number of hydrogen-bond donors (Lipinski definition) is 1. The van der Waals surface area contributed by atoms with Gasteiger partial charge in [0.1, 0.15) is 0 Å². The van der Waals surface area contributed by atoms with Crippen molar-refractivity contribution in [2.24, 2.45) is 5.92 Å². The van der Waals surface area contributed by atoms with Crippen molar-refractivity contribution in [1.82, 2.24) is 0 Å². The normalized spacial score (nSPS) is 14.7. The molecule has 25 heavy (non-hydrogen) atoms. The molecule has 3 aromatic rings. The summed E-state index contributed by atoms with van der Waals surface area (Å²) in [6.07, 6.45) is 0.869. The summed E-state index contributed by atoms with van der Waals surface area (Å²) in [6.45, 7) is 0.173. The number of nitrogens with zero attached hydrogens (tertiary/aromatic N) is 1. The summed E-state index contributed by atoms with van der Waals surface area (Å²) in [5.74, 6) is 0.354. The third-order valence-electron chi connectivity index (χ3n) is 5.31. The fourth-order valence-electron chi connectivity index (χ4n) is 4.12. The summed E-state index contributed by atoms with van der Waals surface area (Å²) < 4.78 is 0. The molecule has 0 saturated carbocycles. The van der Waals surface area contributed by atoms with Gasteiger partial charge in [0.2, 0.25) is 0 Å². The minimum absolute atomic E-state index is 0.151. The van der Waals surface area contributed by atoms with E-state index in [1.165, 1.54) is 28.1 Å². The lowest BCUT2D eigenvalue weighted by atomic mass is 9.75. The van der Waals surface area contributed by atoms with E-state index in [1.54, 1.807) is 0 Å². The van der Waals surface area contributed by atoms with E-state index in [4.69, 9.17) is 0 Å². The van der Waals surface area contributed by atoms with Gasteiger partial charge >= 0.3 is 0 Å². The summed E-state index contributed by atoms with van der Waals surface area (Å²) in [6, 6.07) is 27.6. The minimum Gasteiger partial charge on any atom is -0.396 e. The van der Waals surface area contributed by atoms with Gasteiger partial charge in [-0.2, -0.15) is 0 Å². The number of aliphatic hydroxyl groups excluding tert-OH is 1. The highest BCUT2D eigenvalue weighted by molar-refractivity contribution is 5.75. The van der Waals surface area contributed by atoms with Crippen LogP contribution in [-0.2, 0) is 6.42 Å². The van der Waals surface area contributed by atoms with E-state index in [0.717, 1.165) is 6.42 Å². The van der Waals surface area contributed by atoms with Crippen molar-refractivity contribution >= 4 is 11.4 Å². The lowest BCUT2D eigenvalue weighted by molar-refractivity contribution is 0.212. The molecular formula is C23H23NO. The minimum atomic E-state index is 0.151. The van der Waals surface area contributed by atoms with Crippen molar-refractivity contribution in [1.29, 1.82) is 0 Å². The van der Waals surface area contributed by atoms with Crippen LogP contribution >= 0.6 is 0 Å². The molecule has 1 N–H and O–H groups in total. The summed E-state index contributed by atoms with van der Waals surface area (Å²) in [5, 5.41) is 10.2. The van der Waals surface area contributed by atoms with Crippen LogP contribution in [0.5, 0.6) is 0 Å². The van der Waals surface area contributed by atoms with E-state index in [0.29, 0.717) is 0 Å². The van der Waals surface area contributed by atoms with Gasteiger partial charge in [-0.05, 0) is 41.2 Å². The van der Waals surface area contributed by atoms with Gasteiger partial charge in [-0.1, -0.05) is 66.7 Å². The van der Waals surface area contributed by atoms with Gasteiger partial charge in [0.15, 0.2) is 0 Å². The van der Waals surface area contributed by atoms with Gasteiger partial charge in [-0.25, -0.2) is 0 Å². The highest BCUT2D eigenvalue weighted by atomic mass is 16.3. The number of aliphatic hydroxyl groups is 1. The maximum absolute atomic E-state index is 10.2. The molecule has 0 aromatic heterocycles. The Kier molecular flexibility index (Phi) is 4.29. The molecule has 0 aliphatic carbocycles. The van der Waals surface area contributed by atoms with E-state index in [-0.39, 0.29) is 18.4 Å². The van der Waals surface area contributed by atoms with E-state index in [1.807, 2.05) is 6.07 Å². The van der Waals surface area contributed by atoms with E-state index < -0.39 is 0 Å². The van der Waals surface area contributed by atoms with E-state index >= 15 is 0 Å². The van der Waals surface area contributed by atoms with Crippen molar-refractivity contribution in [2.75, 3.05) is 18.6 Å². The molecule has 1 aliphatic heterocycles. The third-order valence-corrected chi connectivity index (χ3v) is 5.31. The molecule has 2 nitrogen and oxygen atoms in total. The van der Waals surface area contributed by atoms with Gasteiger partial charge in [0, 0.05) is 30.9 Å². The fraction of sp³-hybridized carbons (Fsp3) is 0.217. The Morgan fingerprint density at radius 3 is 1.88 bits per heavy atom. The van der Waals surface area contributed by atoms with Crippen LogP contribution in [-0.4, -0.2) is 18.8 Å². The predicted molar refractivity (Wildman–Crippen MR) is 104 cm³/mol. The molecule has 1 aliphatic rings. The lowest BCUT2D eigenvalue weighted by Gasteiger charge is -2.38. The summed E-state index contributed by atoms with van der Waals surface area (Å²) >= 11 is 0. The highest BCUT2D eigenvalue weighted by Gasteiger charge is 2.33. The first-order chi connectivity index (χ1) is 12.3. The second-order valence-corrected chi connectivity index (χ2v) is 6.79. The Labute approximate surface area is 149 Å². The zero-order valence-electron chi connectivity index (χ0n) is 14.5. The number of para-hydroxylation sites is 2. The quantitative estimate of drug-likeness (QED) is 0.746. The molecule has 126 valence electrons. The molecule has 3 aromatic carbocycles. The Bertz CT molecular complexity index is 811. The average molecular weight is 329 g/mol. The Morgan fingerprint density at radius 2 is 1.32 bits per heavy atom. The smallest absolute Gasteiger partial charge is 0.0471 e. The highest BCUT2D eigenvalue weighted by Crippen LogP contribution is 2.48. The number of benzene rings is 3. The Morgan fingerprint density at radius 1 is 0.800 bits per heavy atom. The van der Waals surface area contributed by atoms with Gasteiger partial charge in [-0.15, -0.1) is 0 Å². The number of rotatable bonds is 4. The van der Waals surface area contributed by atoms with Crippen LogP contribution in [0.4, 0.5) is 11.4 Å². The van der Waals surface area contributed by atoms with Gasteiger partial charge in [0.05, 0.1) is 0 Å². The van der Waals surface area contributed by atoms with Crippen molar-refractivity contribution < 1.29 is 5.11 Å². The largest absolute Gasteiger partial charge is 0.396 e. The standard InChI is InChI=1S/C23H23NO/c1-24-21-13-7-5-11-19(21)23(20-12-6-8-14-22(20)24)18(16-25)15-17-9-3-2-4-10-17/h2-14,18,23,25H,15-16H2,1H3/t18-/m0/s1. The van der Waals surface area contributed by atoms with Crippen LogP contribution < -0.4 is 4.90 Å². The summed E-state index contributed by atoms with van der Waals surface area (Å²) in [4.78, 5) is 2.26. The fourth-order valence-corrected chi connectivity index (χ4v) is 4.12. The van der Waals surface area contributed by atoms with Crippen molar-refractivity contribution in [2.45, 2.75) is 12.3 Å². The van der Waals surface area contributed by atoms with Crippen LogP contribution in [0.15, 0.2) is 78.9 Å². The third kappa shape index (κ3) is 2.83. The number of anilines is 2. The zero-order valence-corrected chi connectivity index (χ0v) is 14.5. The molecule has 0 unspecified atom stereocenters. The molecule has 4 rings (SSSR count). The molecule has 2 heteroatoms. The number of hydrogen-bond acceptors (Lipinski definition) is 2. The first kappa shape index (κ1) is 15.9. The van der Waals surface area contributed by atoms with Crippen molar-refractivity contribution in [3.63, 3.8) is 0 Å². The van der Waals surface area contributed by atoms with Crippen molar-refractivity contribution in [3.8, 4) is 0 Å². The van der Waals surface area contributed by atoms with Crippen LogP contribution in [0.1, 0.15) is 22.6 Å². The molecule has 0 fully saturated rings. The van der Waals surface area contributed by atoms with Gasteiger partial charge in [0.25, 0.3) is 0 Å². The topological polar surface area (TPSA) is 23.5 Å². The Balaban J connectivity index is 1.81. The SMILES string of the molecule is CN1c2ccccc2C([C@H](CO)Cc2ccccc2)c2ccccc21. The van der Waals surface area contributed by atoms with E-state index in [2.05, 4.69) is 84.7 Å². The average Bonchev–Trinajstić information content (AvgIpc) is 2.68. The monoisotopic (exact) mass is 329 g/mol. The maximum atomic E-state index is 10.2. The summed E-state index contributed by atoms with van der Waals surface area (Å²) in [7, 11) is 2.12. The first-order valence-corrected chi connectivity index (χ1v) is 8.86. The van der Waals surface area contributed by atoms with E-state index in [9.17, 15) is 5.11 Å². The molecule has 0 bridgehead atoms. The number of fused-ring (bicyclic) bond motifs is 2. The van der Waals surface area contributed by atoms with Crippen LogP contribution in [0, 0.1) is 5.92 Å². The summed E-state index contributed by atoms with van der Waals surface area (Å²) in [5.41, 5.74) is 6.35. The molecule has 0 radical (unpaired) electrons. The molecule has 1 heterocycles. The molecular weight excluding hydrogens is 306 g/mol. The lowest BCUT2D eigenvalue weighted by Crippen LogP contribution is -2.28. The second kappa shape index (κ2) is 6.73.